The van der Waals surface area contributed by atoms with Crippen LogP contribution in [0.15, 0.2) is 48.5 Å². The first-order chi connectivity index (χ1) is 14.5. The Morgan fingerprint density at radius 1 is 0.933 bits per heavy atom. The molecule has 0 aliphatic carbocycles. The van der Waals surface area contributed by atoms with Crippen molar-refractivity contribution in [1.82, 2.24) is 0 Å². The molecule has 0 bridgehead atoms. The first-order valence-electron chi connectivity index (χ1n) is 10.7. The summed E-state index contributed by atoms with van der Waals surface area (Å²) in [6.07, 6.45) is 3.00. The summed E-state index contributed by atoms with van der Waals surface area (Å²) in [6.45, 7) is 7.52. The molecule has 0 amide bonds. The Bertz CT molecular complexity index is 804. The molecule has 0 aliphatic heterocycles. The molecule has 30 heavy (non-hydrogen) atoms. The normalized spacial score (nSPS) is 11.8. The molecule has 2 rings (SSSR count). The van der Waals surface area contributed by atoms with Crippen LogP contribution in [-0.4, -0.2) is 38.4 Å². The molecule has 2 aromatic rings. The number of carbonyl (C=O) groups excluding carboxylic acids is 2. The van der Waals surface area contributed by atoms with Crippen molar-refractivity contribution < 1.29 is 19.1 Å². The predicted molar refractivity (Wildman–Crippen MR) is 122 cm³/mol. The number of unbranched alkanes of at least 4 members (excludes halogenated alkanes) is 1. The molecule has 1 unspecified atom stereocenters. The topological polar surface area (TPSA) is 52.6 Å². The van der Waals surface area contributed by atoms with Gasteiger partial charge in [-0.05, 0) is 0 Å². The molecule has 0 fully saturated rings. The molecule has 0 saturated heterocycles. The van der Waals surface area contributed by atoms with Crippen LogP contribution in [0.1, 0.15) is 65.0 Å². The second kappa shape index (κ2) is 13.4. The number of aryl methyl sites for hydroxylation is 1. The molecular formula is C25H33AsO4. The van der Waals surface area contributed by atoms with E-state index < -0.39 is 14.7 Å². The van der Waals surface area contributed by atoms with E-state index in [2.05, 4.69) is 19.1 Å². The second-order valence-corrected chi connectivity index (χ2v) is 12.3. The summed E-state index contributed by atoms with van der Waals surface area (Å²) in [5.74, 6) is -0.361. The Balaban J connectivity index is 1.88. The van der Waals surface area contributed by atoms with E-state index in [9.17, 15) is 9.59 Å². The summed E-state index contributed by atoms with van der Waals surface area (Å²) in [7, 11) is 0. The fraction of sp³-hybridized carbons (Fsp3) is 0.440. The van der Waals surface area contributed by atoms with E-state index in [4.69, 9.17) is 9.47 Å². The van der Waals surface area contributed by atoms with Crippen LogP contribution >= 0.6 is 0 Å². The average molecular weight is 472 g/mol. The zero-order chi connectivity index (χ0) is 21.8. The number of esters is 1. The number of rotatable bonds is 13. The monoisotopic (exact) mass is 472 g/mol. The van der Waals surface area contributed by atoms with E-state index in [1.807, 2.05) is 31.2 Å². The van der Waals surface area contributed by atoms with Gasteiger partial charge in [0.1, 0.15) is 0 Å². The van der Waals surface area contributed by atoms with Gasteiger partial charge < -0.3 is 0 Å². The number of hydrogen-bond donors (Lipinski definition) is 0. The molecule has 2 aromatic carbocycles. The van der Waals surface area contributed by atoms with Crippen molar-refractivity contribution in [2.75, 3.05) is 13.2 Å². The van der Waals surface area contributed by atoms with Crippen molar-refractivity contribution in [3.05, 3.63) is 70.8 Å². The maximum absolute atomic E-state index is 13.2. The third kappa shape index (κ3) is 8.08. The first kappa shape index (κ1) is 24.4. The number of ether oxygens (including phenoxy) is 2. The summed E-state index contributed by atoms with van der Waals surface area (Å²) in [5, 5.41) is 1.98. The third-order valence-corrected chi connectivity index (χ3v) is 10.3. The van der Waals surface area contributed by atoms with Crippen LogP contribution in [0.3, 0.4) is 0 Å². The van der Waals surface area contributed by atoms with Gasteiger partial charge in [0.25, 0.3) is 0 Å². The summed E-state index contributed by atoms with van der Waals surface area (Å²) >= 11 is -1.68. The standard InChI is InChI=1S/C25H33AsO4/c1-4-13-26(14-9-10-15-29-19-21-11-7-6-8-12-21)24(27)22-16-20(3)17-23(18-22)25(28)30-5-2/h6-8,11-12,16-18H,4-5,9-10,13-15,19H2,1-3H3. The van der Waals surface area contributed by atoms with Crippen LogP contribution in [0.5, 0.6) is 0 Å². The second-order valence-electron chi connectivity index (χ2n) is 7.35. The van der Waals surface area contributed by atoms with Gasteiger partial charge in [-0.3, -0.25) is 0 Å². The van der Waals surface area contributed by atoms with E-state index in [1.54, 1.807) is 19.1 Å². The van der Waals surface area contributed by atoms with Crippen molar-refractivity contribution in [2.24, 2.45) is 0 Å². The first-order valence-corrected chi connectivity index (χ1v) is 14.3. The van der Waals surface area contributed by atoms with Gasteiger partial charge in [0.05, 0.1) is 0 Å². The molecule has 0 spiro atoms. The van der Waals surface area contributed by atoms with Crippen molar-refractivity contribution in [3.63, 3.8) is 0 Å². The number of carbonyl (C=O) groups is 2. The predicted octanol–water partition coefficient (Wildman–Crippen LogP) is 5.80. The summed E-state index contributed by atoms with van der Waals surface area (Å²) in [5.41, 5.74) is 3.25. The van der Waals surface area contributed by atoms with Crippen molar-refractivity contribution in [2.45, 2.75) is 57.1 Å². The maximum atomic E-state index is 13.2. The molecule has 0 radical (unpaired) electrons. The molecule has 162 valence electrons. The van der Waals surface area contributed by atoms with E-state index in [1.165, 1.54) is 5.56 Å². The molecular weight excluding hydrogens is 439 g/mol. The van der Waals surface area contributed by atoms with Gasteiger partial charge >= 0.3 is 185 Å². The third-order valence-electron chi connectivity index (χ3n) is 4.69. The molecule has 0 heterocycles. The van der Waals surface area contributed by atoms with E-state index in [0.717, 1.165) is 41.8 Å². The quantitative estimate of drug-likeness (QED) is 0.210. The van der Waals surface area contributed by atoms with E-state index >= 15 is 0 Å². The molecule has 1 atom stereocenters. The van der Waals surface area contributed by atoms with Gasteiger partial charge in [-0.1, -0.05) is 0 Å². The fourth-order valence-corrected chi connectivity index (χ4v) is 8.04. The van der Waals surface area contributed by atoms with E-state index in [-0.39, 0.29) is 10.5 Å². The van der Waals surface area contributed by atoms with Crippen LogP contribution in [0.25, 0.3) is 0 Å². The zero-order valence-electron chi connectivity index (χ0n) is 18.4. The summed E-state index contributed by atoms with van der Waals surface area (Å²) < 4.78 is 11.1. The van der Waals surface area contributed by atoms with Gasteiger partial charge in [-0.25, -0.2) is 0 Å². The molecule has 0 saturated carbocycles. The Morgan fingerprint density at radius 2 is 1.67 bits per heavy atom. The fourth-order valence-electron chi connectivity index (χ4n) is 3.28. The number of hydrogen-bond acceptors (Lipinski definition) is 4. The minimum absolute atomic E-state index is 0.267. The van der Waals surface area contributed by atoms with Gasteiger partial charge in [0.15, 0.2) is 0 Å². The molecule has 4 nitrogen and oxygen atoms in total. The Morgan fingerprint density at radius 3 is 2.37 bits per heavy atom. The summed E-state index contributed by atoms with van der Waals surface area (Å²) in [6, 6.07) is 15.6. The average Bonchev–Trinajstić information content (AvgIpc) is 2.75. The van der Waals surface area contributed by atoms with Crippen LogP contribution in [0.4, 0.5) is 0 Å². The minimum atomic E-state index is -1.68. The molecule has 0 aromatic heterocycles. The van der Waals surface area contributed by atoms with Crippen LogP contribution in [0, 0.1) is 6.92 Å². The van der Waals surface area contributed by atoms with Gasteiger partial charge in [0, 0.05) is 0 Å². The molecule has 5 heteroatoms. The van der Waals surface area contributed by atoms with Crippen LogP contribution < -0.4 is 0 Å². The molecule has 0 aliphatic rings. The van der Waals surface area contributed by atoms with Crippen molar-refractivity contribution in [1.29, 1.82) is 0 Å². The van der Waals surface area contributed by atoms with Gasteiger partial charge in [-0.2, -0.15) is 0 Å². The zero-order valence-corrected chi connectivity index (χ0v) is 20.2. The Labute approximate surface area is 185 Å². The Hall–Kier alpha value is -1.90. The van der Waals surface area contributed by atoms with Gasteiger partial charge in [0.2, 0.25) is 0 Å². The number of benzene rings is 2. The Kier molecular flexibility index (Phi) is 10.9. The molecule has 0 N–H and O–H groups in total. The van der Waals surface area contributed by atoms with Crippen LogP contribution in [0.2, 0.25) is 10.4 Å². The van der Waals surface area contributed by atoms with Crippen molar-refractivity contribution in [3.8, 4) is 0 Å². The summed E-state index contributed by atoms with van der Waals surface area (Å²) in [4.78, 5) is 25.3. The van der Waals surface area contributed by atoms with E-state index in [0.29, 0.717) is 24.3 Å². The van der Waals surface area contributed by atoms with Crippen LogP contribution in [-0.2, 0) is 16.1 Å². The van der Waals surface area contributed by atoms with Crippen molar-refractivity contribution >= 4 is 25.2 Å². The van der Waals surface area contributed by atoms with Gasteiger partial charge in [-0.15, -0.1) is 0 Å². The SMILES string of the molecule is CCC[As](CCCCOCc1ccccc1)C(=O)c1cc(C)cc(C(=O)OCC)c1.